The Balaban J connectivity index is 2.75. The quantitative estimate of drug-likeness (QED) is 0.714. The highest BCUT2D eigenvalue weighted by Gasteiger charge is 2.10. The Morgan fingerprint density at radius 1 is 1.41 bits per heavy atom. The molecule has 0 aliphatic rings. The molecule has 3 N–H and O–H groups in total. The third-order valence-electron chi connectivity index (χ3n) is 2.20. The van der Waals surface area contributed by atoms with Crippen LogP contribution in [-0.4, -0.2) is 40.3 Å². The molecule has 0 aromatic carbocycles. The normalized spacial score (nSPS) is 9.94. The summed E-state index contributed by atoms with van der Waals surface area (Å²) >= 11 is 0. The summed E-state index contributed by atoms with van der Waals surface area (Å²) in [5.41, 5.74) is 5.12. The van der Waals surface area contributed by atoms with E-state index < -0.39 is 11.9 Å². The molecule has 0 spiro atoms. The lowest BCUT2D eigenvalue weighted by Crippen LogP contribution is -2.27. The average Bonchev–Trinajstić information content (AvgIpc) is 2.30. The Morgan fingerprint density at radius 3 is 2.53 bits per heavy atom. The van der Waals surface area contributed by atoms with Gasteiger partial charge in [0.1, 0.15) is 0 Å². The predicted molar refractivity (Wildman–Crippen MR) is 60.7 cm³/mol. The van der Waals surface area contributed by atoms with E-state index in [0.717, 1.165) is 0 Å². The Labute approximate surface area is 98.2 Å². The second kappa shape index (κ2) is 5.78. The van der Waals surface area contributed by atoms with Gasteiger partial charge in [-0.25, -0.2) is 0 Å². The van der Waals surface area contributed by atoms with Gasteiger partial charge in [0, 0.05) is 13.1 Å². The molecule has 0 radical (unpaired) electrons. The molecular formula is C10H14N4O3. The maximum absolute atomic E-state index is 10.8. The van der Waals surface area contributed by atoms with Gasteiger partial charge in [-0.15, -0.1) is 10.2 Å². The molecule has 17 heavy (non-hydrogen) atoms. The number of carboxylic acids is 1. The summed E-state index contributed by atoms with van der Waals surface area (Å²) in [6.07, 6.45) is 0.0209. The third-order valence-corrected chi connectivity index (χ3v) is 2.20. The van der Waals surface area contributed by atoms with Crippen LogP contribution in [0.1, 0.15) is 23.8 Å². The molecule has 0 saturated heterocycles. The van der Waals surface area contributed by atoms with Gasteiger partial charge >= 0.3 is 5.97 Å². The minimum Gasteiger partial charge on any atom is -0.481 e. The lowest BCUT2D eigenvalue weighted by atomic mass is 10.3. The number of rotatable bonds is 6. The highest BCUT2D eigenvalue weighted by atomic mass is 16.4. The number of hydrogen-bond acceptors (Lipinski definition) is 5. The van der Waals surface area contributed by atoms with Gasteiger partial charge in [-0.3, -0.25) is 9.59 Å². The highest BCUT2D eigenvalue weighted by Crippen LogP contribution is 2.09. The fourth-order valence-corrected chi connectivity index (χ4v) is 1.29. The molecule has 0 unspecified atom stereocenters. The lowest BCUT2D eigenvalue weighted by Gasteiger charge is -2.20. The molecule has 1 rings (SSSR count). The van der Waals surface area contributed by atoms with Crippen molar-refractivity contribution in [2.75, 3.05) is 18.0 Å². The first-order chi connectivity index (χ1) is 8.04. The lowest BCUT2D eigenvalue weighted by molar-refractivity contribution is -0.136. The molecule has 7 heteroatoms. The smallest absolute Gasteiger partial charge is 0.305 e. The summed E-state index contributed by atoms with van der Waals surface area (Å²) in [7, 11) is 0. The van der Waals surface area contributed by atoms with Crippen LogP contribution in [0.15, 0.2) is 12.1 Å². The maximum Gasteiger partial charge on any atom is 0.305 e. The van der Waals surface area contributed by atoms with Gasteiger partial charge in [0.2, 0.25) is 0 Å². The van der Waals surface area contributed by atoms with E-state index in [1.807, 2.05) is 6.92 Å². The molecule has 92 valence electrons. The Kier molecular flexibility index (Phi) is 4.38. The van der Waals surface area contributed by atoms with Crippen molar-refractivity contribution in [3.63, 3.8) is 0 Å². The first-order valence-corrected chi connectivity index (χ1v) is 5.15. The van der Waals surface area contributed by atoms with Crippen LogP contribution in [0.4, 0.5) is 5.82 Å². The van der Waals surface area contributed by atoms with Crippen LogP contribution in [0, 0.1) is 0 Å². The van der Waals surface area contributed by atoms with Gasteiger partial charge in [0.15, 0.2) is 11.5 Å². The van der Waals surface area contributed by atoms with Gasteiger partial charge in [-0.1, -0.05) is 0 Å². The zero-order valence-electron chi connectivity index (χ0n) is 9.46. The molecule has 1 amide bonds. The number of carbonyl (C=O) groups is 2. The molecule has 1 heterocycles. The van der Waals surface area contributed by atoms with E-state index in [4.69, 9.17) is 10.8 Å². The van der Waals surface area contributed by atoms with Gasteiger partial charge in [-0.05, 0) is 19.1 Å². The summed E-state index contributed by atoms with van der Waals surface area (Å²) in [6, 6.07) is 3.06. The maximum atomic E-state index is 10.8. The molecule has 0 bridgehead atoms. The zero-order valence-corrected chi connectivity index (χ0v) is 9.46. The number of primary amides is 1. The summed E-state index contributed by atoms with van der Waals surface area (Å²) in [4.78, 5) is 23.0. The van der Waals surface area contributed by atoms with Gasteiger partial charge in [-0.2, -0.15) is 0 Å². The van der Waals surface area contributed by atoms with Crippen LogP contribution in [0.25, 0.3) is 0 Å². The summed E-state index contributed by atoms with van der Waals surface area (Å²) in [6.45, 7) is 2.83. The fraction of sp³-hybridized carbons (Fsp3) is 0.400. The van der Waals surface area contributed by atoms with Gasteiger partial charge in [0.05, 0.1) is 6.42 Å². The van der Waals surface area contributed by atoms with Crippen molar-refractivity contribution in [2.45, 2.75) is 13.3 Å². The Hall–Kier alpha value is -2.18. The largest absolute Gasteiger partial charge is 0.481 e. The molecule has 0 aliphatic heterocycles. The van der Waals surface area contributed by atoms with E-state index in [0.29, 0.717) is 18.9 Å². The number of hydrogen-bond donors (Lipinski definition) is 2. The van der Waals surface area contributed by atoms with E-state index in [-0.39, 0.29) is 12.1 Å². The van der Waals surface area contributed by atoms with Crippen molar-refractivity contribution in [1.82, 2.24) is 10.2 Å². The monoisotopic (exact) mass is 238 g/mol. The number of nitrogens with zero attached hydrogens (tertiary/aromatic N) is 3. The highest BCUT2D eigenvalue weighted by molar-refractivity contribution is 5.90. The van der Waals surface area contributed by atoms with Crippen molar-refractivity contribution >= 4 is 17.7 Å². The number of aliphatic carboxylic acids is 1. The van der Waals surface area contributed by atoms with Crippen molar-refractivity contribution in [3.05, 3.63) is 17.8 Å². The van der Waals surface area contributed by atoms with E-state index >= 15 is 0 Å². The third kappa shape index (κ3) is 3.71. The standard InChI is InChI=1S/C10H14N4O3/c1-2-14(6-5-9(15)16)8-4-3-7(10(11)17)12-13-8/h3-4H,2,5-6H2,1H3,(H2,11,17)(H,15,16). The van der Waals surface area contributed by atoms with Crippen LogP contribution in [0.2, 0.25) is 0 Å². The van der Waals surface area contributed by atoms with E-state index in [1.165, 1.54) is 6.07 Å². The number of carbonyl (C=O) groups excluding carboxylic acids is 1. The van der Waals surface area contributed by atoms with Crippen LogP contribution in [0.5, 0.6) is 0 Å². The minimum absolute atomic E-state index is 0.0209. The minimum atomic E-state index is -0.870. The molecule has 0 fully saturated rings. The van der Waals surface area contributed by atoms with Gasteiger partial charge in [0.25, 0.3) is 5.91 Å². The Bertz CT molecular complexity index is 405. The first kappa shape index (κ1) is 12.9. The topological polar surface area (TPSA) is 109 Å². The van der Waals surface area contributed by atoms with Crippen molar-refractivity contribution in [1.29, 1.82) is 0 Å². The summed E-state index contributed by atoms with van der Waals surface area (Å²) in [5.74, 6) is -0.985. The van der Waals surface area contributed by atoms with E-state index in [9.17, 15) is 9.59 Å². The molecule has 7 nitrogen and oxygen atoms in total. The van der Waals surface area contributed by atoms with Crippen LogP contribution < -0.4 is 10.6 Å². The molecule has 0 saturated carbocycles. The SMILES string of the molecule is CCN(CCC(=O)O)c1ccc(C(N)=O)nn1. The second-order valence-electron chi connectivity index (χ2n) is 3.36. The number of amides is 1. The van der Waals surface area contributed by atoms with Crippen molar-refractivity contribution in [3.8, 4) is 0 Å². The van der Waals surface area contributed by atoms with Crippen LogP contribution >= 0.6 is 0 Å². The number of carboxylic acid groups (broad SMARTS) is 1. The summed E-state index contributed by atoms with van der Waals surface area (Å²) < 4.78 is 0. The first-order valence-electron chi connectivity index (χ1n) is 5.15. The van der Waals surface area contributed by atoms with Crippen LogP contribution in [0.3, 0.4) is 0 Å². The molecular weight excluding hydrogens is 224 g/mol. The average molecular weight is 238 g/mol. The number of nitrogens with two attached hydrogens (primary N) is 1. The number of aromatic nitrogens is 2. The molecule has 1 aromatic rings. The second-order valence-corrected chi connectivity index (χ2v) is 3.36. The predicted octanol–water partition coefficient (Wildman–Crippen LogP) is -0.124. The summed E-state index contributed by atoms with van der Waals surface area (Å²) in [5, 5.41) is 16.1. The van der Waals surface area contributed by atoms with Gasteiger partial charge < -0.3 is 15.7 Å². The van der Waals surface area contributed by atoms with Crippen molar-refractivity contribution in [2.24, 2.45) is 5.73 Å². The fourth-order valence-electron chi connectivity index (χ4n) is 1.29. The molecule has 0 aliphatic carbocycles. The zero-order chi connectivity index (χ0) is 12.8. The molecule has 0 atom stereocenters. The van der Waals surface area contributed by atoms with Crippen molar-refractivity contribution < 1.29 is 14.7 Å². The van der Waals surface area contributed by atoms with E-state index in [2.05, 4.69) is 10.2 Å². The van der Waals surface area contributed by atoms with Crippen LogP contribution in [-0.2, 0) is 4.79 Å². The molecule has 1 aromatic heterocycles. The van der Waals surface area contributed by atoms with E-state index in [1.54, 1.807) is 11.0 Å². The number of anilines is 1. The Morgan fingerprint density at radius 2 is 2.12 bits per heavy atom.